The average molecular weight is 360 g/mol. The molecule has 1 fully saturated rings. The summed E-state index contributed by atoms with van der Waals surface area (Å²) in [5.41, 5.74) is 0.176. The average Bonchev–Trinajstić information content (AvgIpc) is 2.94. The molecule has 2 rings (SSSR count). The van der Waals surface area contributed by atoms with Crippen LogP contribution in [0.5, 0.6) is 0 Å². The Morgan fingerprint density at radius 2 is 2.38 bits per heavy atom. The zero-order chi connectivity index (χ0) is 15.4. The van der Waals surface area contributed by atoms with Crippen molar-refractivity contribution in [3.63, 3.8) is 0 Å². The number of rotatable bonds is 5. The minimum absolute atomic E-state index is 0.127. The predicted molar refractivity (Wildman–Crippen MR) is 80.1 cm³/mol. The molecule has 0 amide bonds. The van der Waals surface area contributed by atoms with Gasteiger partial charge in [-0.05, 0) is 28.8 Å². The van der Waals surface area contributed by atoms with E-state index in [1.807, 2.05) is 0 Å². The van der Waals surface area contributed by atoms with Crippen molar-refractivity contribution in [1.82, 2.24) is 9.78 Å². The number of carbonyl (C=O) groups excluding carboxylic acids is 1. The van der Waals surface area contributed by atoms with E-state index >= 15 is 0 Å². The van der Waals surface area contributed by atoms with Gasteiger partial charge in [0.2, 0.25) is 0 Å². The second kappa shape index (κ2) is 7.04. The van der Waals surface area contributed by atoms with E-state index in [0.717, 1.165) is 23.9 Å². The Balaban J connectivity index is 2.17. The Morgan fingerprint density at radius 1 is 1.62 bits per heavy atom. The Labute approximate surface area is 130 Å². The molecule has 8 heteroatoms. The fraction of sp³-hybridized carbons (Fsp3) is 0.615. The largest absolute Gasteiger partial charge is 0.468 e. The van der Waals surface area contributed by atoms with Gasteiger partial charge in [0.15, 0.2) is 0 Å². The van der Waals surface area contributed by atoms with Crippen LogP contribution in [0.2, 0.25) is 0 Å². The third-order valence-electron chi connectivity index (χ3n) is 3.73. The SMILES string of the molecule is COC(=O)Cn1ncc(NC2CCCC2CO)c(Br)c1=O. The van der Waals surface area contributed by atoms with Crippen molar-refractivity contribution in [1.29, 1.82) is 0 Å². The summed E-state index contributed by atoms with van der Waals surface area (Å²) >= 11 is 3.24. The van der Waals surface area contributed by atoms with Gasteiger partial charge in [0.1, 0.15) is 11.0 Å². The highest BCUT2D eigenvalue weighted by atomic mass is 79.9. The lowest BCUT2D eigenvalue weighted by Crippen LogP contribution is -2.31. The van der Waals surface area contributed by atoms with E-state index in [4.69, 9.17) is 0 Å². The number of methoxy groups -OCH3 is 1. The molecule has 1 aromatic heterocycles. The highest BCUT2D eigenvalue weighted by Gasteiger charge is 2.27. The van der Waals surface area contributed by atoms with Crippen molar-refractivity contribution in [2.45, 2.75) is 31.8 Å². The standard InChI is InChI=1S/C13H18BrN3O4/c1-21-11(19)6-17-13(20)12(14)10(5-15-17)16-9-4-2-3-8(9)7-18/h5,8-9,16,18H,2-4,6-7H2,1H3. The van der Waals surface area contributed by atoms with E-state index in [-0.39, 0.29) is 25.1 Å². The van der Waals surface area contributed by atoms with Crippen molar-refractivity contribution in [3.05, 3.63) is 21.0 Å². The first-order valence-corrected chi connectivity index (χ1v) is 7.56. The van der Waals surface area contributed by atoms with Crippen LogP contribution in [0.25, 0.3) is 0 Å². The van der Waals surface area contributed by atoms with Crippen LogP contribution in [0.15, 0.2) is 15.5 Å². The van der Waals surface area contributed by atoms with E-state index in [1.54, 1.807) is 0 Å². The molecule has 1 aliphatic carbocycles. The molecule has 0 saturated heterocycles. The maximum Gasteiger partial charge on any atom is 0.327 e. The van der Waals surface area contributed by atoms with Gasteiger partial charge in [-0.25, -0.2) is 4.68 Å². The van der Waals surface area contributed by atoms with Gasteiger partial charge >= 0.3 is 5.97 Å². The maximum atomic E-state index is 12.1. The molecule has 2 unspecified atom stereocenters. The summed E-state index contributed by atoms with van der Waals surface area (Å²) < 4.78 is 5.88. The molecule has 0 spiro atoms. The van der Waals surface area contributed by atoms with E-state index in [2.05, 4.69) is 31.1 Å². The fourth-order valence-electron chi connectivity index (χ4n) is 2.51. The molecule has 7 nitrogen and oxygen atoms in total. The summed E-state index contributed by atoms with van der Waals surface area (Å²) in [5, 5.41) is 16.5. The number of hydrogen-bond donors (Lipinski definition) is 2. The summed E-state index contributed by atoms with van der Waals surface area (Å²) in [6.45, 7) is -0.0982. The number of ether oxygens (including phenoxy) is 1. The van der Waals surface area contributed by atoms with Crippen LogP contribution in [0.3, 0.4) is 0 Å². The second-order valence-corrected chi connectivity index (χ2v) is 5.83. The number of aromatic nitrogens is 2. The summed E-state index contributed by atoms with van der Waals surface area (Å²) in [6.07, 6.45) is 4.47. The van der Waals surface area contributed by atoms with E-state index < -0.39 is 11.5 Å². The number of aliphatic hydroxyl groups excluding tert-OH is 1. The van der Waals surface area contributed by atoms with Crippen molar-refractivity contribution in [3.8, 4) is 0 Å². The van der Waals surface area contributed by atoms with Crippen molar-refractivity contribution < 1.29 is 14.6 Å². The third kappa shape index (κ3) is 3.62. The third-order valence-corrected chi connectivity index (χ3v) is 4.49. The summed E-state index contributed by atoms with van der Waals surface area (Å²) in [6, 6.07) is 0.129. The molecule has 1 aliphatic rings. The predicted octanol–water partition coefficient (Wildman–Crippen LogP) is 0.752. The van der Waals surface area contributed by atoms with Gasteiger partial charge in [-0.3, -0.25) is 9.59 Å². The normalized spacial score (nSPS) is 21.3. The van der Waals surface area contributed by atoms with Gasteiger partial charge in [0, 0.05) is 18.6 Å². The number of nitrogens with zero attached hydrogens (tertiary/aromatic N) is 2. The number of esters is 1. The van der Waals surface area contributed by atoms with Crippen molar-refractivity contribution in [2.24, 2.45) is 5.92 Å². The molecule has 1 aromatic rings. The smallest absolute Gasteiger partial charge is 0.327 e. The van der Waals surface area contributed by atoms with E-state index in [1.165, 1.54) is 13.3 Å². The number of aliphatic hydroxyl groups is 1. The first-order chi connectivity index (χ1) is 10.1. The van der Waals surface area contributed by atoms with Gasteiger partial charge in [-0.2, -0.15) is 5.10 Å². The molecule has 0 radical (unpaired) electrons. The lowest BCUT2D eigenvalue weighted by Gasteiger charge is -2.20. The molecule has 116 valence electrons. The summed E-state index contributed by atoms with van der Waals surface area (Å²) in [5.74, 6) is -0.345. The number of carbonyl (C=O) groups is 1. The molecule has 21 heavy (non-hydrogen) atoms. The topological polar surface area (TPSA) is 93.5 Å². The minimum Gasteiger partial charge on any atom is -0.468 e. The van der Waals surface area contributed by atoms with Crippen LogP contribution >= 0.6 is 15.9 Å². The molecular formula is C13H18BrN3O4. The summed E-state index contributed by atoms with van der Waals surface area (Å²) in [7, 11) is 1.26. The molecule has 0 aromatic carbocycles. The Bertz CT molecular complexity index is 575. The lowest BCUT2D eigenvalue weighted by atomic mass is 10.1. The lowest BCUT2D eigenvalue weighted by molar-refractivity contribution is -0.141. The molecule has 2 N–H and O–H groups in total. The molecule has 2 atom stereocenters. The van der Waals surface area contributed by atoms with Crippen LogP contribution in [0.4, 0.5) is 5.69 Å². The van der Waals surface area contributed by atoms with Crippen LogP contribution in [0.1, 0.15) is 19.3 Å². The first kappa shape index (κ1) is 16.0. The van der Waals surface area contributed by atoms with Crippen molar-refractivity contribution >= 4 is 27.6 Å². The molecular weight excluding hydrogens is 342 g/mol. The van der Waals surface area contributed by atoms with Crippen LogP contribution < -0.4 is 10.9 Å². The zero-order valence-electron chi connectivity index (χ0n) is 11.7. The Morgan fingerprint density at radius 3 is 3.05 bits per heavy atom. The Kier molecular flexibility index (Phi) is 5.35. The monoisotopic (exact) mass is 359 g/mol. The number of hydrogen-bond acceptors (Lipinski definition) is 6. The molecule has 0 aliphatic heterocycles. The Hall–Kier alpha value is -1.41. The highest BCUT2D eigenvalue weighted by Crippen LogP contribution is 2.29. The van der Waals surface area contributed by atoms with Gasteiger partial charge < -0.3 is 15.2 Å². The number of halogens is 1. The van der Waals surface area contributed by atoms with E-state index in [0.29, 0.717) is 10.2 Å². The molecule has 1 saturated carbocycles. The van der Waals surface area contributed by atoms with Crippen LogP contribution in [-0.4, -0.2) is 40.6 Å². The van der Waals surface area contributed by atoms with Crippen LogP contribution in [-0.2, 0) is 16.1 Å². The van der Waals surface area contributed by atoms with Gasteiger partial charge in [0.25, 0.3) is 5.56 Å². The van der Waals surface area contributed by atoms with Crippen LogP contribution in [0, 0.1) is 5.92 Å². The minimum atomic E-state index is -0.534. The fourth-order valence-corrected chi connectivity index (χ4v) is 2.93. The van der Waals surface area contributed by atoms with Gasteiger partial charge in [0.05, 0.1) is 19.0 Å². The second-order valence-electron chi connectivity index (χ2n) is 5.04. The van der Waals surface area contributed by atoms with Gasteiger partial charge in [-0.15, -0.1) is 0 Å². The summed E-state index contributed by atoms with van der Waals surface area (Å²) in [4.78, 5) is 23.3. The zero-order valence-corrected chi connectivity index (χ0v) is 13.3. The number of anilines is 1. The molecule has 0 bridgehead atoms. The van der Waals surface area contributed by atoms with Crippen molar-refractivity contribution in [2.75, 3.05) is 19.0 Å². The highest BCUT2D eigenvalue weighted by molar-refractivity contribution is 9.10. The first-order valence-electron chi connectivity index (χ1n) is 6.76. The number of nitrogens with one attached hydrogen (secondary N) is 1. The van der Waals surface area contributed by atoms with E-state index in [9.17, 15) is 14.7 Å². The quantitative estimate of drug-likeness (QED) is 0.753. The van der Waals surface area contributed by atoms with Gasteiger partial charge in [-0.1, -0.05) is 6.42 Å². The maximum absolute atomic E-state index is 12.1. The molecule has 1 heterocycles.